The van der Waals surface area contributed by atoms with E-state index in [1.54, 1.807) is 26.4 Å². The number of rotatable bonds is 8. The molecule has 0 radical (unpaired) electrons. The highest BCUT2D eigenvalue weighted by atomic mass is 32.2. The van der Waals surface area contributed by atoms with Gasteiger partial charge in [0.15, 0.2) is 6.04 Å². The fraction of sp³-hybridized carbons (Fsp3) is 0.182. The Kier molecular flexibility index (Phi) is 6.03. The zero-order valence-electron chi connectivity index (χ0n) is 16.8. The van der Waals surface area contributed by atoms with Crippen LogP contribution < -0.4 is 24.8 Å². The molecule has 8 nitrogen and oxygen atoms in total. The van der Waals surface area contributed by atoms with E-state index < -0.39 is 18.0 Å². The van der Waals surface area contributed by atoms with Gasteiger partial charge in [0.1, 0.15) is 29.6 Å². The van der Waals surface area contributed by atoms with Crippen molar-refractivity contribution in [2.45, 2.75) is 22.4 Å². The second-order valence-corrected chi connectivity index (χ2v) is 7.74. The number of hydrogen-bond acceptors (Lipinski definition) is 7. The molecule has 0 spiro atoms. The number of methoxy groups -OCH3 is 2. The van der Waals surface area contributed by atoms with Crippen LogP contribution in [0.2, 0.25) is 0 Å². The maximum absolute atomic E-state index is 11.9. The summed E-state index contributed by atoms with van der Waals surface area (Å²) in [4.78, 5) is 25.0. The standard InChI is InChI=1S/C22H20N2O6S/c1-27-15-9-13(10-16(11-15)28-2)12-30-14-3-5-17(6-4-14)31-18-7-8-29-20(18)19-21(25)24-22(26)23-19/h3-11,19H,12H2,1-2H3,(H2,23,24,25,26). The van der Waals surface area contributed by atoms with Gasteiger partial charge in [-0.1, -0.05) is 11.8 Å². The Hall–Kier alpha value is -3.59. The van der Waals surface area contributed by atoms with Crippen LogP contribution in [0.4, 0.5) is 4.79 Å². The van der Waals surface area contributed by atoms with E-state index in [9.17, 15) is 9.59 Å². The minimum Gasteiger partial charge on any atom is -0.497 e. The van der Waals surface area contributed by atoms with E-state index in [4.69, 9.17) is 18.6 Å². The SMILES string of the molecule is COc1cc(COc2ccc(Sc3ccoc3C3NC(=O)NC3=O)cc2)cc(OC)c1. The molecular weight excluding hydrogens is 420 g/mol. The highest BCUT2D eigenvalue weighted by Gasteiger charge is 2.35. The molecule has 0 aliphatic carbocycles. The maximum atomic E-state index is 11.9. The Morgan fingerprint density at radius 3 is 2.29 bits per heavy atom. The van der Waals surface area contributed by atoms with Gasteiger partial charge < -0.3 is 23.9 Å². The Labute approximate surface area is 182 Å². The van der Waals surface area contributed by atoms with Gasteiger partial charge in [0, 0.05) is 11.0 Å². The van der Waals surface area contributed by atoms with E-state index in [1.807, 2.05) is 36.4 Å². The molecule has 1 saturated heterocycles. The molecule has 0 saturated carbocycles. The number of nitrogens with one attached hydrogen (secondary N) is 2. The minimum atomic E-state index is -0.826. The third-order valence-corrected chi connectivity index (χ3v) is 5.63. The number of amides is 3. The number of urea groups is 1. The first kappa shape index (κ1) is 20.7. The highest BCUT2D eigenvalue weighted by molar-refractivity contribution is 7.99. The molecule has 1 aliphatic rings. The topological polar surface area (TPSA) is 99.0 Å². The monoisotopic (exact) mass is 440 g/mol. The van der Waals surface area contributed by atoms with Crippen LogP contribution >= 0.6 is 11.8 Å². The fourth-order valence-electron chi connectivity index (χ4n) is 3.05. The number of furan rings is 1. The molecule has 1 aromatic heterocycles. The Morgan fingerprint density at radius 2 is 1.68 bits per heavy atom. The molecule has 3 amide bonds. The lowest BCUT2D eigenvalue weighted by atomic mass is 10.2. The predicted molar refractivity (Wildman–Crippen MR) is 113 cm³/mol. The van der Waals surface area contributed by atoms with Gasteiger partial charge in [-0.2, -0.15) is 0 Å². The average Bonchev–Trinajstić information content (AvgIpc) is 3.37. The quantitative estimate of drug-likeness (QED) is 0.513. The van der Waals surface area contributed by atoms with Crippen molar-refractivity contribution in [2.75, 3.05) is 14.2 Å². The summed E-state index contributed by atoms with van der Waals surface area (Å²) in [5.74, 6) is 2.09. The summed E-state index contributed by atoms with van der Waals surface area (Å²) < 4.78 is 21.9. The van der Waals surface area contributed by atoms with Crippen molar-refractivity contribution in [2.24, 2.45) is 0 Å². The molecule has 31 heavy (non-hydrogen) atoms. The van der Waals surface area contributed by atoms with E-state index >= 15 is 0 Å². The van der Waals surface area contributed by atoms with Crippen LogP contribution in [0, 0.1) is 0 Å². The average molecular weight is 440 g/mol. The van der Waals surface area contributed by atoms with E-state index in [1.165, 1.54) is 18.0 Å². The molecular formula is C22H20N2O6S. The molecule has 9 heteroatoms. The van der Waals surface area contributed by atoms with E-state index in [-0.39, 0.29) is 0 Å². The van der Waals surface area contributed by atoms with Gasteiger partial charge in [-0.25, -0.2) is 4.79 Å². The predicted octanol–water partition coefficient (Wildman–Crippen LogP) is 3.91. The molecule has 1 unspecified atom stereocenters. The molecule has 1 atom stereocenters. The molecule has 1 aliphatic heterocycles. The van der Waals surface area contributed by atoms with Crippen molar-refractivity contribution < 1.29 is 28.2 Å². The zero-order valence-corrected chi connectivity index (χ0v) is 17.7. The number of imide groups is 1. The van der Waals surface area contributed by atoms with Crippen LogP contribution in [0.25, 0.3) is 0 Å². The van der Waals surface area contributed by atoms with E-state index in [0.717, 1.165) is 15.4 Å². The molecule has 1 fully saturated rings. The summed E-state index contributed by atoms with van der Waals surface area (Å²) in [6, 6.07) is 13.6. The largest absolute Gasteiger partial charge is 0.497 e. The van der Waals surface area contributed by atoms with Crippen molar-refractivity contribution in [3.05, 3.63) is 66.1 Å². The Bertz CT molecular complexity index is 1070. The fourth-order valence-corrected chi connectivity index (χ4v) is 3.97. The lowest BCUT2D eigenvalue weighted by Crippen LogP contribution is -2.22. The lowest BCUT2D eigenvalue weighted by molar-refractivity contribution is -0.120. The molecule has 160 valence electrons. The van der Waals surface area contributed by atoms with Gasteiger partial charge in [0.05, 0.1) is 25.4 Å². The maximum Gasteiger partial charge on any atom is 0.322 e. The summed E-state index contributed by atoms with van der Waals surface area (Å²) in [6.07, 6.45) is 1.50. The Morgan fingerprint density at radius 1 is 0.968 bits per heavy atom. The number of benzene rings is 2. The number of hydrogen-bond donors (Lipinski definition) is 2. The molecule has 2 heterocycles. The minimum absolute atomic E-state index is 0.364. The van der Waals surface area contributed by atoms with Gasteiger partial charge in [-0.3, -0.25) is 10.1 Å². The second-order valence-electron chi connectivity index (χ2n) is 6.63. The van der Waals surface area contributed by atoms with Crippen molar-refractivity contribution >= 4 is 23.7 Å². The smallest absolute Gasteiger partial charge is 0.322 e. The first-order valence-electron chi connectivity index (χ1n) is 9.37. The van der Waals surface area contributed by atoms with Gasteiger partial charge in [0.25, 0.3) is 5.91 Å². The van der Waals surface area contributed by atoms with Crippen LogP contribution in [-0.4, -0.2) is 26.2 Å². The van der Waals surface area contributed by atoms with Gasteiger partial charge in [0.2, 0.25) is 0 Å². The van der Waals surface area contributed by atoms with Gasteiger partial charge in [-0.15, -0.1) is 0 Å². The highest BCUT2D eigenvalue weighted by Crippen LogP contribution is 2.36. The summed E-state index contributed by atoms with van der Waals surface area (Å²) >= 11 is 1.43. The van der Waals surface area contributed by atoms with Crippen molar-refractivity contribution in [3.8, 4) is 17.2 Å². The van der Waals surface area contributed by atoms with E-state index in [2.05, 4.69) is 10.6 Å². The van der Waals surface area contributed by atoms with Gasteiger partial charge in [-0.05, 0) is 48.0 Å². The van der Waals surface area contributed by atoms with Crippen LogP contribution in [0.1, 0.15) is 17.4 Å². The molecule has 4 rings (SSSR count). The third kappa shape index (κ3) is 4.77. The summed E-state index contributed by atoms with van der Waals surface area (Å²) in [6.45, 7) is 0.364. The van der Waals surface area contributed by atoms with Crippen molar-refractivity contribution in [1.29, 1.82) is 0 Å². The van der Waals surface area contributed by atoms with Crippen LogP contribution in [0.15, 0.2) is 69.0 Å². The Balaban J connectivity index is 1.40. The first-order valence-corrected chi connectivity index (χ1v) is 10.2. The molecule has 3 aromatic rings. The molecule has 2 N–H and O–H groups in total. The second kappa shape index (κ2) is 9.05. The third-order valence-electron chi connectivity index (χ3n) is 4.56. The van der Waals surface area contributed by atoms with Crippen molar-refractivity contribution in [3.63, 3.8) is 0 Å². The number of carbonyl (C=O) groups is 2. The van der Waals surface area contributed by atoms with E-state index in [0.29, 0.717) is 29.6 Å². The lowest BCUT2D eigenvalue weighted by Gasteiger charge is -2.11. The molecule has 0 bridgehead atoms. The van der Waals surface area contributed by atoms with Crippen LogP contribution in [0.3, 0.4) is 0 Å². The summed E-state index contributed by atoms with van der Waals surface area (Å²) in [5, 5.41) is 4.75. The van der Waals surface area contributed by atoms with Gasteiger partial charge >= 0.3 is 6.03 Å². The molecule has 2 aromatic carbocycles. The summed E-state index contributed by atoms with van der Waals surface area (Å²) in [7, 11) is 3.21. The zero-order chi connectivity index (χ0) is 21.8. The van der Waals surface area contributed by atoms with Crippen molar-refractivity contribution in [1.82, 2.24) is 10.6 Å². The number of carbonyl (C=O) groups excluding carboxylic acids is 2. The first-order chi connectivity index (χ1) is 15.1. The normalized spacial score (nSPS) is 15.4. The number of ether oxygens (including phenoxy) is 3. The van der Waals surface area contributed by atoms with Crippen LogP contribution in [-0.2, 0) is 11.4 Å². The van der Waals surface area contributed by atoms with Crippen LogP contribution in [0.5, 0.6) is 17.2 Å². The summed E-state index contributed by atoms with van der Waals surface area (Å²) in [5.41, 5.74) is 0.926.